The number of aliphatic hydroxyl groups excluding tert-OH is 21. The summed E-state index contributed by atoms with van der Waals surface area (Å²) in [5.74, 6) is -4.62. The molecule has 35 heteroatoms. The summed E-state index contributed by atoms with van der Waals surface area (Å²) in [5.41, 5.74) is 0. The van der Waals surface area contributed by atoms with Gasteiger partial charge in [-0.25, -0.2) is 0 Å². The van der Waals surface area contributed by atoms with Crippen LogP contribution in [0.25, 0.3) is 0 Å². The number of aliphatic carboxylic acids is 7. The van der Waals surface area contributed by atoms with E-state index in [-0.39, 0.29) is 92.5 Å². The van der Waals surface area contributed by atoms with E-state index in [1.165, 1.54) is 315 Å². The third-order valence-electron chi connectivity index (χ3n) is 20.4. The number of rotatable bonds is 84. The van der Waals surface area contributed by atoms with Gasteiger partial charge in [0.2, 0.25) is 0 Å². The van der Waals surface area contributed by atoms with E-state index >= 15 is 0 Å². The molecular formula is C105H224O35. The fraction of sp³-hybridized carbons (Fsp3) is 0.933. The third kappa shape index (κ3) is 232. The molecule has 0 aromatic rings. The first-order chi connectivity index (χ1) is 67.0. The van der Waals surface area contributed by atoms with E-state index < -0.39 is 84.5 Å². The number of aliphatic hydroxyl groups is 21. The lowest BCUT2D eigenvalue weighted by atomic mass is 10.1. The molecule has 0 unspecified atom stereocenters. The van der Waals surface area contributed by atoms with Gasteiger partial charge in [-0.3, -0.25) is 33.6 Å². The first-order valence-corrected chi connectivity index (χ1v) is 53.9. The Balaban J connectivity index is -0.000000103. The highest BCUT2D eigenvalue weighted by molar-refractivity contribution is 5.68. The molecule has 140 heavy (non-hydrogen) atoms. The van der Waals surface area contributed by atoms with Crippen molar-refractivity contribution >= 4 is 41.8 Å². The molecule has 0 aromatic carbocycles. The molecule has 0 heterocycles. The zero-order chi connectivity index (χ0) is 109. The van der Waals surface area contributed by atoms with Gasteiger partial charge in [-0.1, -0.05) is 408 Å². The van der Waals surface area contributed by atoms with Gasteiger partial charge in [-0.05, 0) is 44.9 Å². The van der Waals surface area contributed by atoms with Crippen molar-refractivity contribution in [2.24, 2.45) is 0 Å². The molecule has 0 aliphatic rings. The SMILES string of the molecule is CCCCCCCCCCCC(=O)O.CCCCCCCCCCCC(=O)O.CCCCCCCCCCCC(=O)O.CCCCCCCCCCCC(=O)O.CCCCCCCCCCCC(=O)O.CCCCCCCCCCCC(=O)O.CCCCCCCCCCCC(=O)O.OCC(O)CO.OCC(O)CO.OCC(O)CO.OCC(O)CO.OCC(O)CO.OCC(O)CO.OCC(O)CO. The van der Waals surface area contributed by atoms with E-state index in [1.807, 2.05) is 0 Å². The van der Waals surface area contributed by atoms with Crippen LogP contribution in [0, 0.1) is 0 Å². The summed E-state index contributed by atoms with van der Waals surface area (Å²) in [5, 5.41) is 227. The van der Waals surface area contributed by atoms with Crippen LogP contribution in [-0.2, 0) is 33.6 Å². The van der Waals surface area contributed by atoms with Crippen LogP contribution >= 0.6 is 0 Å². The van der Waals surface area contributed by atoms with Crippen molar-refractivity contribution in [3.05, 3.63) is 0 Å². The van der Waals surface area contributed by atoms with Gasteiger partial charge in [-0.2, -0.15) is 0 Å². The topological polar surface area (TPSA) is 686 Å². The molecule has 0 rings (SSSR count). The van der Waals surface area contributed by atoms with E-state index in [9.17, 15) is 33.6 Å². The maximum Gasteiger partial charge on any atom is 0.303 e. The predicted octanol–water partition coefficient (Wildman–Crippen LogP) is 16.3. The quantitative estimate of drug-likeness (QED) is 0.0251. The number of hydrogen-bond donors (Lipinski definition) is 28. The fourth-order valence-electron chi connectivity index (χ4n) is 11.5. The first-order valence-electron chi connectivity index (χ1n) is 53.9. The highest BCUT2D eigenvalue weighted by atomic mass is 16.4. The Kier molecular flexibility index (Phi) is 192. The van der Waals surface area contributed by atoms with Crippen molar-refractivity contribution in [1.82, 2.24) is 0 Å². The standard InChI is InChI=1S/7C12H24O2.7C3H8O3/c7*1-2-3-4-5-6-7-8-9-10-11-12(13)14;7*4-1-3(6)2-5/h7*2-11H2,1H3,(H,13,14);7*3-6H,1-2H2. The molecule has 35 nitrogen and oxygen atoms in total. The Morgan fingerprint density at radius 3 is 0.221 bits per heavy atom. The molecule has 0 aromatic heterocycles. The number of hydrogen-bond acceptors (Lipinski definition) is 28. The van der Waals surface area contributed by atoms with E-state index in [4.69, 9.17) is 143 Å². The van der Waals surface area contributed by atoms with Gasteiger partial charge in [-0.15, -0.1) is 0 Å². The van der Waals surface area contributed by atoms with Crippen LogP contribution in [0.4, 0.5) is 0 Å². The first kappa shape index (κ1) is 166. The van der Waals surface area contributed by atoms with Crippen molar-refractivity contribution in [3.63, 3.8) is 0 Å². The van der Waals surface area contributed by atoms with Crippen molar-refractivity contribution in [2.45, 2.75) is 541 Å². The molecule has 854 valence electrons. The van der Waals surface area contributed by atoms with Crippen LogP contribution in [0.1, 0.15) is 498 Å². The summed E-state index contributed by atoms with van der Waals surface area (Å²) in [6.07, 6.45) is 73.7. The van der Waals surface area contributed by atoms with Gasteiger partial charge in [0.25, 0.3) is 0 Å². The molecular weight excluding hydrogens is 1820 g/mol. The Bertz CT molecular complexity index is 1760. The lowest BCUT2D eigenvalue weighted by Gasteiger charge is -2.00. The minimum absolute atomic E-state index is 0.343. The summed E-state index contributed by atoms with van der Waals surface area (Å²) >= 11 is 0. The lowest BCUT2D eigenvalue weighted by molar-refractivity contribution is -0.138. The highest BCUT2D eigenvalue weighted by Crippen LogP contribution is 2.17. The second-order valence-corrected chi connectivity index (χ2v) is 34.9. The predicted molar refractivity (Wildman–Crippen MR) is 558 cm³/mol. The summed E-state index contributed by atoms with van der Waals surface area (Å²) in [4.78, 5) is 71.4. The van der Waals surface area contributed by atoms with Gasteiger partial charge < -0.3 is 143 Å². The summed E-state index contributed by atoms with van der Waals surface area (Å²) in [7, 11) is 0. The van der Waals surface area contributed by atoms with Gasteiger partial charge in [0, 0.05) is 44.9 Å². The van der Waals surface area contributed by atoms with E-state index in [0.717, 1.165) is 89.9 Å². The van der Waals surface area contributed by atoms with E-state index in [2.05, 4.69) is 48.5 Å². The van der Waals surface area contributed by atoms with Crippen molar-refractivity contribution in [1.29, 1.82) is 0 Å². The molecule has 0 aliphatic heterocycles. The maximum atomic E-state index is 10.2. The number of carbonyl (C=O) groups is 7. The zero-order valence-corrected chi connectivity index (χ0v) is 89.3. The molecule has 0 radical (unpaired) electrons. The molecule has 0 spiro atoms. The summed E-state index contributed by atoms with van der Waals surface area (Å²) < 4.78 is 0. The highest BCUT2D eigenvalue weighted by Gasteiger charge is 2.06. The Hall–Kier alpha value is -4.55. The average Bonchev–Trinajstić information content (AvgIpc) is 1.12. The minimum Gasteiger partial charge on any atom is -0.481 e. The van der Waals surface area contributed by atoms with Crippen LogP contribution < -0.4 is 0 Å². The fourth-order valence-corrected chi connectivity index (χ4v) is 11.5. The van der Waals surface area contributed by atoms with Crippen LogP contribution in [0.5, 0.6) is 0 Å². The second-order valence-electron chi connectivity index (χ2n) is 34.9. The van der Waals surface area contributed by atoms with Crippen LogP contribution in [0.15, 0.2) is 0 Å². The zero-order valence-electron chi connectivity index (χ0n) is 89.3. The van der Waals surface area contributed by atoms with Crippen molar-refractivity contribution in [2.75, 3.05) is 92.5 Å². The van der Waals surface area contributed by atoms with Gasteiger partial charge in [0.1, 0.15) is 42.7 Å². The summed E-state index contributed by atoms with van der Waals surface area (Å²) in [6.45, 7) is 10.5. The molecule has 0 saturated heterocycles. The second kappa shape index (κ2) is 162. The number of unbranched alkanes of at least 4 members (excludes halogenated alkanes) is 56. The largest absolute Gasteiger partial charge is 0.481 e. The Morgan fingerprint density at radius 2 is 0.179 bits per heavy atom. The van der Waals surface area contributed by atoms with Crippen LogP contribution in [-0.4, -0.2) is 320 Å². The maximum absolute atomic E-state index is 10.2. The van der Waals surface area contributed by atoms with E-state index in [0.29, 0.717) is 44.9 Å². The van der Waals surface area contributed by atoms with Gasteiger partial charge in [0.15, 0.2) is 0 Å². The molecule has 0 aliphatic carbocycles. The van der Waals surface area contributed by atoms with Crippen LogP contribution in [0.3, 0.4) is 0 Å². The summed E-state index contributed by atoms with van der Waals surface area (Å²) in [6, 6.07) is 0. The Labute approximate surface area is 847 Å². The molecule has 0 saturated carbocycles. The molecule has 0 fully saturated rings. The normalized spacial score (nSPS) is 10.2. The van der Waals surface area contributed by atoms with Gasteiger partial charge >= 0.3 is 41.8 Å². The Morgan fingerprint density at radius 1 is 0.121 bits per heavy atom. The molecule has 28 N–H and O–H groups in total. The molecule has 0 atom stereocenters. The minimum atomic E-state index is -0.954. The molecule has 0 bridgehead atoms. The average molecular weight is 2050 g/mol. The van der Waals surface area contributed by atoms with Crippen LogP contribution in [0.2, 0.25) is 0 Å². The van der Waals surface area contributed by atoms with Crippen molar-refractivity contribution in [3.8, 4) is 0 Å². The van der Waals surface area contributed by atoms with Gasteiger partial charge in [0.05, 0.1) is 92.5 Å². The lowest BCUT2D eigenvalue weighted by Crippen LogP contribution is -2.15. The van der Waals surface area contributed by atoms with Crippen molar-refractivity contribution < 1.29 is 177 Å². The monoisotopic (exact) mass is 2050 g/mol. The third-order valence-corrected chi connectivity index (χ3v) is 20.4. The number of carboxylic acids is 7. The van der Waals surface area contributed by atoms with E-state index in [1.54, 1.807) is 0 Å². The smallest absolute Gasteiger partial charge is 0.303 e. The number of carboxylic acid groups (broad SMARTS) is 7. The molecule has 0 amide bonds.